The van der Waals surface area contributed by atoms with E-state index in [1.54, 1.807) is 11.9 Å². The van der Waals surface area contributed by atoms with Crippen LogP contribution >= 0.6 is 11.6 Å². The van der Waals surface area contributed by atoms with Crippen LogP contribution in [0.2, 0.25) is 5.28 Å². The van der Waals surface area contributed by atoms with Crippen LogP contribution in [0.4, 0.5) is 11.9 Å². The van der Waals surface area contributed by atoms with Crippen LogP contribution in [-0.4, -0.2) is 51.9 Å². The van der Waals surface area contributed by atoms with Crippen molar-refractivity contribution in [1.82, 2.24) is 19.9 Å². The minimum Gasteiger partial charge on any atom is -0.354 e. The number of anilines is 2. The van der Waals surface area contributed by atoms with Gasteiger partial charge in [-0.25, -0.2) is 0 Å². The van der Waals surface area contributed by atoms with Gasteiger partial charge < -0.3 is 15.5 Å². The SMILES string of the molecule is CCCNc1nc(Cl)nc(NC2CCC(=O)N(C)C2)n1. The van der Waals surface area contributed by atoms with Crippen LogP contribution in [0.15, 0.2) is 0 Å². The molecule has 2 N–H and O–H groups in total. The fourth-order valence-electron chi connectivity index (χ4n) is 2.04. The third-order valence-electron chi connectivity index (χ3n) is 3.10. The molecule has 20 heavy (non-hydrogen) atoms. The van der Waals surface area contributed by atoms with Crippen LogP contribution in [-0.2, 0) is 4.79 Å². The van der Waals surface area contributed by atoms with Crippen LogP contribution in [0.25, 0.3) is 0 Å². The summed E-state index contributed by atoms with van der Waals surface area (Å²) >= 11 is 5.89. The number of aromatic nitrogens is 3. The van der Waals surface area contributed by atoms with Gasteiger partial charge in [0.2, 0.25) is 23.1 Å². The van der Waals surface area contributed by atoms with Gasteiger partial charge in [0.15, 0.2) is 0 Å². The van der Waals surface area contributed by atoms with Gasteiger partial charge in [-0.2, -0.15) is 15.0 Å². The monoisotopic (exact) mass is 298 g/mol. The van der Waals surface area contributed by atoms with E-state index >= 15 is 0 Å². The first kappa shape index (κ1) is 14.8. The van der Waals surface area contributed by atoms with Crippen molar-refractivity contribution in [3.63, 3.8) is 0 Å². The van der Waals surface area contributed by atoms with Gasteiger partial charge in [0.05, 0.1) is 0 Å². The molecule has 1 aromatic heterocycles. The molecule has 1 fully saturated rings. The van der Waals surface area contributed by atoms with Gasteiger partial charge in [-0.3, -0.25) is 4.79 Å². The number of hydrogen-bond donors (Lipinski definition) is 2. The average Bonchev–Trinajstić information content (AvgIpc) is 2.40. The van der Waals surface area contributed by atoms with E-state index in [0.29, 0.717) is 24.9 Å². The molecule has 7 nitrogen and oxygen atoms in total. The molecule has 0 saturated carbocycles. The molecule has 1 saturated heterocycles. The number of carbonyl (C=O) groups excluding carboxylic acids is 1. The van der Waals surface area contributed by atoms with Gasteiger partial charge in [-0.15, -0.1) is 0 Å². The normalized spacial score (nSPS) is 19.1. The molecule has 110 valence electrons. The molecule has 0 spiro atoms. The zero-order valence-electron chi connectivity index (χ0n) is 11.7. The third kappa shape index (κ3) is 3.93. The summed E-state index contributed by atoms with van der Waals surface area (Å²) < 4.78 is 0. The summed E-state index contributed by atoms with van der Waals surface area (Å²) in [6.45, 7) is 3.48. The number of rotatable bonds is 5. The fourth-order valence-corrected chi connectivity index (χ4v) is 2.20. The molecule has 2 heterocycles. The molecular formula is C12H19ClN6O. The summed E-state index contributed by atoms with van der Waals surface area (Å²) in [6.07, 6.45) is 2.28. The fraction of sp³-hybridized carbons (Fsp3) is 0.667. The van der Waals surface area contributed by atoms with Crippen molar-refractivity contribution < 1.29 is 4.79 Å². The lowest BCUT2D eigenvalue weighted by Gasteiger charge is -2.30. The van der Waals surface area contributed by atoms with E-state index in [0.717, 1.165) is 19.4 Å². The maximum Gasteiger partial charge on any atom is 0.229 e. The summed E-state index contributed by atoms with van der Waals surface area (Å²) in [5.74, 6) is 1.08. The van der Waals surface area contributed by atoms with Crippen molar-refractivity contribution in [2.45, 2.75) is 32.2 Å². The molecule has 1 aromatic rings. The molecule has 1 amide bonds. The minimum atomic E-state index is 0.134. The number of nitrogens with one attached hydrogen (secondary N) is 2. The highest BCUT2D eigenvalue weighted by Crippen LogP contribution is 2.15. The maximum absolute atomic E-state index is 11.4. The first-order valence-corrected chi connectivity index (χ1v) is 7.12. The van der Waals surface area contributed by atoms with Crippen LogP contribution in [0, 0.1) is 0 Å². The van der Waals surface area contributed by atoms with Crippen molar-refractivity contribution in [3.05, 3.63) is 5.28 Å². The Balaban J connectivity index is 2.01. The predicted molar refractivity (Wildman–Crippen MR) is 77.9 cm³/mol. The van der Waals surface area contributed by atoms with Crippen LogP contribution in [0.3, 0.4) is 0 Å². The lowest BCUT2D eigenvalue weighted by Crippen LogP contribution is -2.43. The lowest BCUT2D eigenvalue weighted by molar-refractivity contribution is -0.132. The van der Waals surface area contributed by atoms with Gasteiger partial charge in [-0.1, -0.05) is 6.92 Å². The summed E-state index contributed by atoms with van der Waals surface area (Å²) in [6, 6.07) is 0.134. The zero-order valence-corrected chi connectivity index (χ0v) is 12.4. The van der Waals surface area contributed by atoms with Crippen molar-refractivity contribution in [1.29, 1.82) is 0 Å². The first-order chi connectivity index (χ1) is 9.58. The van der Waals surface area contributed by atoms with Gasteiger partial charge in [-0.05, 0) is 24.4 Å². The van der Waals surface area contributed by atoms with E-state index in [1.807, 2.05) is 0 Å². The molecular weight excluding hydrogens is 280 g/mol. The predicted octanol–water partition coefficient (Wildman–Crippen LogP) is 1.38. The highest BCUT2D eigenvalue weighted by atomic mass is 35.5. The number of likely N-dealkylation sites (N-methyl/N-ethyl adjacent to an activating group) is 1. The Morgan fingerprint density at radius 2 is 2.10 bits per heavy atom. The summed E-state index contributed by atoms with van der Waals surface area (Å²) in [5, 5.41) is 6.44. The standard InChI is InChI=1S/C12H19ClN6O/c1-3-6-14-11-16-10(13)17-12(18-11)15-8-4-5-9(20)19(2)7-8/h8H,3-7H2,1-2H3,(H2,14,15,16,17,18). The quantitative estimate of drug-likeness (QED) is 0.854. The van der Waals surface area contributed by atoms with Crippen molar-refractivity contribution in [3.8, 4) is 0 Å². The van der Waals surface area contributed by atoms with Crippen LogP contribution in [0.5, 0.6) is 0 Å². The Labute approximate surface area is 123 Å². The van der Waals surface area contributed by atoms with E-state index in [-0.39, 0.29) is 17.2 Å². The third-order valence-corrected chi connectivity index (χ3v) is 3.27. The Morgan fingerprint density at radius 3 is 2.80 bits per heavy atom. The lowest BCUT2D eigenvalue weighted by atomic mass is 10.1. The van der Waals surface area contributed by atoms with Gasteiger partial charge >= 0.3 is 0 Å². The number of carbonyl (C=O) groups is 1. The Kier molecular flexibility index (Phi) is 4.94. The molecule has 8 heteroatoms. The van der Waals surface area contributed by atoms with Crippen molar-refractivity contribution in [2.75, 3.05) is 30.8 Å². The summed E-state index contributed by atoms with van der Waals surface area (Å²) in [4.78, 5) is 25.5. The Bertz CT molecular complexity index is 483. The molecule has 1 aliphatic heterocycles. The largest absolute Gasteiger partial charge is 0.354 e. The molecule has 1 atom stereocenters. The van der Waals surface area contributed by atoms with Gasteiger partial charge in [0.25, 0.3) is 0 Å². The highest BCUT2D eigenvalue weighted by molar-refractivity contribution is 6.28. The first-order valence-electron chi connectivity index (χ1n) is 6.74. The summed E-state index contributed by atoms with van der Waals surface area (Å²) in [5.41, 5.74) is 0. The Morgan fingerprint density at radius 1 is 1.35 bits per heavy atom. The summed E-state index contributed by atoms with van der Waals surface area (Å²) in [7, 11) is 1.80. The second-order valence-electron chi connectivity index (χ2n) is 4.83. The molecule has 2 rings (SSSR count). The van der Waals surface area contributed by atoms with E-state index in [2.05, 4.69) is 32.5 Å². The Hall–Kier alpha value is -1.63. The number of amides is 1. The maximum atomic E-state index is 11.4. The van der Waals surface area contributed by atoms with E-state index < -0.39 is 0 Å². The van der Waals surface area contributed by atoms with E-state index in [1.165, 1.54) is 0 Å². The minimum absolute atomic E-state index is 0.134. The molecule has 1 aliphatic rings. The van der Waals surface area contributed by atoms with Crippen molar-refractivity contribution >= 4 is 29.4 Å². The van der Waals surface area contributed by atoms with E-state index in [9.17, 15) is 4.79 Å². The number of piperidine rings is 1. The molecule has 0 radical (unpaired) electrons. The number of likely N-dealkylation sites (tertiary alicyclic amines) is 1. The molecule has 1 unspecified atom stereocenters. The smallest absolute Gasteiger partial charge is 0.229 e. The molecule has 0 bridgehead atoms. The van der Waals surface area contributed by atoms with Gasteiger partial charge in [0.1, 0.15) is 0 Å². The van der Waals surface area contributed by atoms with Crippen LogP contribution in [0.1, 0.15) is 26.2 Å². The number of hydrogen-bond acceptors (Lipinski definition) is 6. The molecule has 0 aliphatic carbocycles. The van der Waals surface area contributed by atoms with Gasteiger partial charge in [0, 0.05) is 32.6 Å². The van der Waals surface area contributed by atoms with Crippen LogP contribution < -0.4 is 10.6 Å². The number of nitrogens with zero attached hydrogens (tertiary/aromatic N) is 4. The second-order valence-corrected chi connectivity index (χ2v) is 5.17. The zero-order chi connectivity index (χ0) is 14.5. The van der Waals surface area contributed by atoms with Crippen molar-refractivity contribution in [2.24, 2.45) is 0 Å². The topological polar surface area (TPSA) is 83.0 Å². The average molecular weight is 299 g/mol. The van der Waals surface area contributed by atoms with E-state index in [4.69, 9.17) is 11.6 Å². The number of halogens is 1. The highest BCUT2D eigenvalue weighted by Gasteiger charge is 2.23. The second kappa shape index (κ2) is 6.69. The molecule has 0 aromatic carbocycles.